The van der Waals surface area contributed by atoms with Gasteiger partial charge in [0, 0.05) is 35.8 Å². The molecule has 9 nitrogen and oxygen atoms in total. The molecule has 0 aliphatic carbocycles. The number of anilines is 2. The molecular formula is C32H33N5O4S. The number of esters is 1. The number of benzene rings is 2. The summed E-state index contributed by atoms with van der Waals surface area (Å²) in [7, 11) is 2.95. The molecule has 0 spiro atoms. The molecule has 2 aromatic heterocycles. The van der Waals surface area contributed by atoms with Gasteiger partial charge in [-0.15, -0.1) is 0 Å². The monoisotopic (exact) mass is 583 g/mol. The quantitative estimate of drug-likeness (QED) is 0.198. The first-order valence-electron chi connectivity index (χ1n) is 13.6. The predicted octanol–water partition coefficient (Wildman–Crippen LogP) is 5.81. The largest absolute Gasteiger partial charge is 0.494 e. The summed E-state index contributed by atoms with van der Waals surface area (Å²) in [4.78, 5) is 31.5. The van der Waals surface area contributed by atoms with E-state index in [1.54, 1.807) is 26.3 Å². The lowest BCUT2D eigenvalue weighted by atomic mass is 9.96. The number of rotatable bonds is 8. The van der Waals surface area contributed by atoms with E-state index in [1.807, 2.05) is 68.4 Å². The number of aromatic nitrogens is 2. The van der Waals surface area contributed by atoms with Crippen molar-refractivity contribution in [3.8, 4) is 11.4 Å². The highest BCUT2D eigenvalue weighted by Crippen LogP contribution is 2.45. The zero-order chi connectivity index (χ0) is 30.0. The highest BCUT2D eigenvalue weighted by Gasteiger charge is 2.42. The third-order valence-corrected chi connectivity index (χ3v) is 7.81. The summed E-state index contributed by atoms with van der Waals surface area (Å²) in [6, 6.07) is 20.4. The average molecular weight is 584 g/mol. The molecule has 0 saturated carbocycles. The molecule has 1 aliphatic heterocycles. The van der Waals surface area contributed by atoms with E-state index < -0.39 is 5.97 Å². The minimum atomic E-state index is -0.404. The number of aryl methyl sites for hydroxylation is 1. The minimum absolute atomic E-state index is 0.104. The van der Waals surface area contributed by atoms with Gasteiger partial charge in [-0.25, -0.2) is 4.79 Å². The van der Waals surface area contributed by atoms with E-state index in [1.165, 1.54) is 7.11 Å². The molecule has 2 aromatic carbocycles. The van der Waals surface area contributed by atoms with Crippen LogP contribution in [0.15, 0.2) is 72.9 Å². The molecule has 0 bridgehead atoms. The lowest BCUT2D eigenvalue weighted by Gasteiger charge is -2.29. The van der Waals surface area contributed by atoms with E-state index in [2.05, 4.69) is 31.2 Å². The lowest BCUT2D eigenvalue weighted by Crippen LogP contribution is -2.29. The van der Waals surface area contributed by atoms with Crippen molar-refractivity contribution in [1.82, 2.24) is 14.9 Å². The molecule has 2 atom stereocenters. The Kier molecular flexibility index (Phi) is 8.26. The Morgan fingerprint density at radius 3 is 2.50 bits per heavy atom. The minimum Gasteiger partial charge on any atom is -0.494 e. The van der Waals surface area contributed by atoms with Crippen LogP contribution in [0.4, 0.5) is 11.4 Å². The van der Waals surface area contributed by atoms with Crippen LogP contribution >= 0.6 is 12.2 Å². The molecule has 4 aromatic rings. The number of ether oxygens (including phenoxy) is 2. The summed E-state index contributed by atoms with van der Waals surface area (Å²) < 4.78 is 12.8. The van der Waals surface area contributed by atoms with Gasteiger partial charge >= 0.3 is 5.97 Å². The number of para-hydroxylation sites is 1. The summed E-state index contributed by atoms with van der Waals surface area (Å²) in [5.41, 5.74) is 6.34. The highest BCUT2D eigenvalue weighted by atomic mass is 32.1. The Labute approximate surface area is 250 Å². The van der Waals surface area contributed by atoms with Crippen LogP contribution in [0.1, 0.15) is 58.4 Å². The van der Waals surface area contributed by atoms with Gasteiger partial charge in [0.15, 0.2) is 5.11 Å². The van der Waals surface area contributed by atoms with Gasteiger partial charge in [-0.3, -0.25) is 9.78 Å². The Morgan fingerprint density at radius 1 is 1.05 bits per heavy atom. The first-order chi connectivity index (χ1) is 20.3. The summed E-state index contributed by atoms with van der Waals surface area (Å²) >= 11 is 5.93. The van der Waals surface area contributed by atoms with Crippen molar-refractivity contribution < 1.29 is 19.1 Å². The Bertz CT molecular complexity index is 1650. The van der Waals surface area contributed by atoms with E-state index in [0.29, 0.717) is 28.5 Å². The fourth-order valence-electron chi connectivity index (χ4n) is 5.53. The number of hydrogen-bond acceptors (Lipinski definition) is 6. The van der Waals surface area contributed by atoms with Gasteiger partial charge in [-0.1, -0.05) is 25.1 Å². The summed E-state index contributed by atoms with van der Waals surface area (Å²) in [5, 5.41) is 6.92. The Hall–Kier alpha value is -4.70. The smallest absolute Gasteiger partial charge is 0.339 e. The van der Waals surface area contributed by atoms with Crippen LogP contribution in [-0.2, 0) is 9.53 Å². The number of pyridine rings is 1. The lowest BCUT2D eigenvalue weighted by molar-refractivity contribution is -0.115. The number of carbonyl (C=O) groups is 2. The maximum Gasteiger partial charge on any atom is 0.339 e. The van der Waals surface area contributed by atoms with Crippen molar-refractivity contribution in [1.29, 1.82) is 0 Å². The van der Waals surface area contributed by atoms with Gasteiger partial charge in [0.05, 0.1) is 48.9 Å². The fourth-order valence-corrected chi connectivity index (χ4v) is 5.88. The molecule has 42 heavy (non-hydrogen) atoms. The summed E-state index contributed by atoms with van der Waals surface area (Å²) in [6.07, 6.45) is 2.12. The van der Waals surface area contributed by atoms with Gasteiger partial charge in [0.1, 0.15) is 5.75 Å². The summed E-state index contributed by atoms with van der Waals surface area (Å²) in [5.74, 6) is 0.0143. The van der Waals surface area contributed by atoms with E-state index >= 15 is 0 Å². The number of carbonyl (C=O) groups excluding carboxylic acids is 2. The van der Waals surface area contributed by atoms with E-state index in [-0.39, 0.29) is 18.0 Å². The molecule has 1 saturated heterocycles. The van der Waals surface area contributed by atoms with E-state index in [9.17, 15) is 9.59 Å². The second-order valence-corrected chi connectivity index (χ2v) is 10.3. The number of nitrogens with zero attached hydrogens (tertiary/aromatic N) is 3. The molecule has 0 radical (unpaired) electrons. The third-order valence-electron chi connectivity index (χ3n) is 7.50. The van der Waals surface area contributed by atoms with Gasteiger partial charge < -0.3 is 29.6 Å². The van der Waals surface area contributed by atoms with Gasteiger partial charge in [0.2, 0.25) is 5.91 Å². The Balaban J connectivity index is 1.67. The van der Waals surface area contributed by atoms with Crippen molar-refractivity contribution in [2.45, 2.75) is 39.3 Å². The van der Waals surface area contributed by atoms with Crippen LogP contribution in [0.25, 0.3) is 5.69 Å². The molecular weight excluding hydrogens is 550 g/mol. The first kappa shape index (κ1) is 28.8. The molecule has 2 unspecified atom stereocenters. The van der Waals surface area contributed by atoms with Crippen LogP contribution in [0.5, 0.6) is 5.75 Å². The molecule has 1 aliphatic rings. The molecule has 216 valence electrons. The zero-order valence-electron chi connectivity index (χ0n) is 24.2. The van der Waals surface area contributed by atoms with Crippen molar-refractivity contribution in [2.75, 3.05) is 24.4 Å². The standard InChI is InChI=1S/C32H33N5O4S/c1-6-28(38)34-24-15-14-21(18-27(24)40-4)37-30(29(35-32(37)42)25-12-9-10-16-33-25)23-17-19(2)36(20(23)3)26-13-8-7-11-22(26)31(39)41-5/h7-18,29-30H,6H2,1-5H3,(H,34,38)(H,35,42). The van der Waals surface area contributed by atoms with Crippen molar-refractivity contribution in [3.63, 3.8) is 0 Å². The van der Waals surface area contributed by atoms with Gasteiger partial charge in [-0.05, 0) is 74.1 Å². The predicted molar refractivity (Wildman–Crippen MR) is 166 cm³/mol. The van der Waals surface area contributed by atoms with Crippen LogP contribution in [0.2, 0.25) is 0 Å². The van der Waals surface area contributed by atoms with Crippen molar-refractivity contribution in [2.24, 2.45) is 0 Å². The average Bonchev–Trinajstić information content (AvgIpc) is 3.51. The van der Waals surface area contributed by atoms with Crippen LogP contribution < -0.4 is 20.3 Å². The maximum atomic E-state index is 12.7. The highest BCUT2D eigenvalue weighted by molar-refractivity contribution is 7.80. The van der Waals surface area contributed by atoms with Gasteiger partial charge in [-0.2, -0.15) is 0 Å². The second-order valence-electron chi connectivity index (χ2n) is 9.95. The molecule has 10 heteroatoms. The van der Waals surface area contributed by atoms with Crippen LogP contribution in [0, 0.1) is 13.8 Å². The number of hydrogen-bond donors (Lipinski definition) is 2. The number of methoxy groups -OCH3 is 2. The van der Waals surface area contributed by atoms with E-state index in [0.717, 1.165) is 34.0 Å². The Morgan fingerprint density at radius 2 is 1.81 bits per heavy atom. The number of amides is 1. The fraction of sp³-hybridized carbons (Fsp3) is 0.250. The molecule has 2 N–H and O–H groups in total. The third kappa shape index (κ3) is 5.21. The van der Waals surface area contributed by atoms with Crippen LogP contribution in [0.3, 0.4) is 0 Å². The first-order valence-corrected chi connectivity index (χ1v) is 14.0. The number of thiocarbonyl (C=S) groups is 1. The summed E-state index contributed by atoms with van der Waals surface area (Å²) in [6.45, 7) is 5.85. The van der Waals surface area contributed by atoms with Crippen molar-refractivity contribution >= 4 is 40.6 Å². The number of nitrogens with one attached hydrogen (secondary N) is 2. The molecule has 1 fully saturated rings. The second kappa shape index (κ2) is 12.0. The molecule has 1 amide bonds. The van der Waals surface area contributed by atoms with Gasteiger partial charge in [0.25, 0.3) is 0 Å². The maximum absolute atomic E-state index is 12.7. The van der Waals surface area contributed by atoms with Crippen molar-refractivity contribution in [3.05, 3.63) is 101 Å². The normalized spacial score (nSPS) is 16.2. The zero-order valence-corrected chi connectivity index (χ0v) is 25.0. The SMILES string of the molecule is CCC(=O)Nc1ccc(N2C(=S)NC(c3ccccn3)C2c2cc(C)n(-c3ccccc3C(=O)OC)c2C)cc1OC. The molecule has 3 heterocycles. The molecule has 5 rings (SSSR count). The van der Waals surface area contributed by atoms with Crippen LogP contribution in [-0.4, -0.2) is 40.8 Å². The topological polar surface area (TPSA) is 97.7 Å². The van der Waals surface area contributed by atoms with E-state index in [4.69, 9.17) is 21.7 Å².